The molecule has 0 amide bonds. The maximum Gasteiger partial charge on any atom is 0.298 e. The van der Waals surface area contributed by atoms with Gasteiger partial charge in [-0.1, -0.05) is 36.2 Å². The van der Waals surface area contributed by atoms with Crippen LogP contribution in [0.5, 0.6) is 5.75 Å². The molecule has 0 spiro atoms. The van der Waals surface area contributed by atoms with E-state index in [0.29, 0.717) is 33.9 Å². The Morgan fingerprint density at radius 2 is 1.94 bits per heavy atom. The third-order valence-electron chi connectivity index (χ3n) is 8.40. The second-order valence-electron chi connectivity index (χ2n) is 10.9. The van der Waals surface area contributed by atoms with E-state index in [4.69, 9.17) is 37.3 Å². The lowest BCUT2D eigenvalue weighted by molar-refractivity contribution is 0.0291. The van der Waals surface area contributed by atoms with Crippen molar-refractivity contribution in [2.24, 2.45) is 17.8 Å². The maximum atomic E-state index is 6.38. The summed E-state index contributed by atoms with van der Waals surface area (Å²) in [6, 6.07) is 10.9. The highest BCUT2D eigenvalue weighted by molar-refractivity contribution is 6.35. The van der Waals surface area contributed by atoms with Crippen LogP contribution < -0.4 is 15.0 Å². The van der Waals surface area contributed by atoms with Crippen LogP contribution in [0.25, 0.3) is 11.1 Å². The lowest BCUT2D eigenvalue weighted by Gasteiger charge is -2.50. The normalized spacial score (nSPS) is 25.0. The van der Waals surface area contributed by atoms with Crippen molar-refractivity contribution in [2.45, 2.75) is 45.2 Å². The lowest BCUT2D eigenvalue weighted by atomic mass is 9.76. The van der Waals surface area contributed by atoms with Gasteiger partial charge in [-0.15, -0.1) is 0 Å². The molecule has 1 aromatic heterocycles. The zero-order chi connectivity index (χ0) is 24.8. The standard InChI is InChI=1S/C28H34Cl2N4O2/c1-17-10-22(11-17)33-9-3-4-19(14-33)20-15-34(16-20)28-32-24-7-8-25(35-2)26(27(24)36-28)31-13-18-5-6-21(29)12-23(18)30/h5-8,12,17,19-20,22,31H,3-4,9-11,13-16H2,1-2H3. The lowest BCUT2D eigenvalue weighted by Crippen LogP contribution is -2.56. The molecule has 0 radical (unpaired) electrons. The fraction of sp³-hybridized carbons (Fsp3) is 0.536. The van der Waals surface area contributed by atoms with Crippen LogP contribution in [-0.4, -0.2) is 49.2 Å². The van der Waals surface area contributed by atoms with Crippen LogP contribution in [0.1, 0.15) is 38.2 Å². The third-order valence-corrected chi connectivity index (χ3v) is 8.99. The first-order chi connectivity index (χ1) is 17.5. The van der Waals surface area contributed by atoms with Gasteiger partial charge in [0, 0.05) is 42.3 Å². The number of hydrogen-bond acceptors (Lipinski definition) is 6. The largest absolute Gasteiger partial charge is 0.494 e. The zero-order valence-electron chi connectivity index (χ0n) is 21.0. The van der Waals surface area contributed by atoms with E-state index in [1.165, 1.54) is 38.8 Å². The summed E-state index contributed by atoms with van der Waals surface area (Å²) in [7, 11) is 1.66. The number of likely N-dealkylation sites (tertiary alicyclic amines) is 1. The number of benzene rings is 2. The number of anilines is 2. The molecular weight excluding hydrogens is 495 g/mol. The summed E-state index contributed by atoms with van der Waals surface area (Å²) >= 11 is 12.4. The molecule has 2 aliphatic heterocycles. The van der Waals surface area contributed by atoms with Crippen molar-refractivity contribution in [2.75, 3.05) is 43.5 Å². The topological polar surface area (TPSA) is 53.8 Å². The molecule has 1 unspecified atom stereocenters. The number of piperidine rings is 1. The Kier molecular flexibility index (Phi) is 6.69. The van der Waals surface area contributed by atoms with Crippen molar-refractivity contribution < 1.29 is 9.15 Å². The molecule has 1 atom stereocenters. The average molecular weight is 530 g/mol. The fourth-order valence-electron chi connectivity index (χ4n) is 6.17. The van der Waals surface area contributed by atoms with Gasteiger partial charge in [0.15, 0.2) is 5.58 Å². The Morgan fingerprint density at radius 1 is 1.11 bits per heavy atom. The SMILES string of the molecule is COc1ccc2nc(N3CC(C4CCCN(C5CC(C)C5)C4)C3)oc2c1NCc1ccc(Cl)cc1Cl. The number of aromatic nitrogens is 1. The molecule has 3 aliphatic rings. The fourth-order valence-corrected chi connectivity index (χ4v) is 6.64. The number of hydrogen-bond donors (Lipinski definition) is 1. The van der Waals surface area contributed by atoms with Crippen molar-refractivity contribution in [3.05, 3.63) is 45.9 Å². The summed E-state index contributed by atoms with van der Waals surface area (Å²) in [5.74, 6) is 3.13. The summed E-state index contributed by atoms with van der Waals surface area (Å²) in [5.41, 5.74) is 3.26. The molecule has 6 nitrogen and oxygen atoms in total. The number of fused-ring (bicyclic) bond motifs is 1. The van der Waals surface area contributed by atoms with E-state index >= 15 is 0 Å². The summed E-state index contributed by atoms with van der Waals surface area (Å²) in [4.78, 5) is 9.87. The third kappa shape index (κ3) is 4.64. The number of methoxy groups -OCH3 is 1. The molecule has 2 saturated heterocycles. The minimum atomic E-state index is 0.519. The summed E-state index contributed by atoms with van der Waals surface area (Å²) in [6.45, 7) is 7.49. The smallest absolute Gasteiger partial charge is 0.298 e. The number of nitrogens with zero attached hydrogens (tertiary/aromatic N) is 3. The second-order valence-corrected chi connectivity index (χ2v) is 11.7. The van der Waals surface area contributed by atoms with Crippen molar-refractivity contribution >= 4 is 46.0 Å². The van der Waals surface area contributed by atoms with Crippen LogP contribution in [0.15, 0.2) is 34.7 Å². The van der Waals surface area contributed by atoms with E-state index in [0.717, 1.165) is 53.7 Å². The molecule has 3 heterocycles. The molecule has 36 heavy (non-hydrogen) atoms. The van der Waals surface area contributed by atoms with Crippen LogP contribution in [0, 0.1) is 17.8 Å². The molecule has 6 rings (SSSR count). The molecule has 8 heteroatoms. The van der Waals surface area contributed by atoms with E-state index in [1.54, 1.807) is 13.2 Å². The van der Waals surface area contributed by atoms with E-state index < -0.39 is 0 Å². The van der Waals surface area contributed by atoms with E-state index in [9.17, 15) is 0 Å². The van der Waals surface area contributed by atoms with Crippen molar-refractivity contribution in [1.29, 1.82) is 0 Å². The van der Waals surface area contributed by atoms with Crippen LogP contribution in [-0.2, 0) is 6.54 Å². The van der Waals surface area contributed by atoms with Crippen LogP contribution in [0.3, 0.4) is 0 Å². The molecule has 0 bridgehead atoms. The first-order valence-electron chi connectivity index (χ1n) is 13.1. The van der Waals surface area contributed by atoms with E-state index in [-0.39, 0.29) is 0 Å². The molecule has 1 aliphatic carbocycles. The molecule has 2 aromatic carbocycles. The molecule has 3 fully saturated rings. The summed E-state index contributed by atoms with van der Waals surface area (Å²) < 4.78 is 11.9. The molecule has 1 N–H and O–H groups in total. The average Bonchev–Trinajstić information content (AvgIpc) is 3.24. The Bertz CT molecular complexity index is 1240. The minimum absolute atomic E-state index is 0.519. The first kappa shape index (κ1) is 24.2. The van der Waals surface area contributed by atoms with Crippen LogP contribution in [0.2, 0.25) is 10.0 Å². The van der Waals surface area contributed by atoms with Gasteiger partial charge in [-0.3, -0.25) is 0 Å². The second kappa shape index (κ2) is 9.96. The van der Waals surface area contributed by atoms with Gasteiger partial charge in [0.05, 0.1) is 7.11 Å². The highest BCUT2D eigenvalue weighted by Gasteiger charge is 2.40. The van der Waals surface area contributed by atoms with Gasteiger partial charge in [0.1, 0.15) is 17.0 Å². The van der Waals surface area contributed by atoms with E-state index in [1.807, 2.05) is 24.3 Å². The van der Waals surface area contributed by atoms with Gasteiger partial charge in [-0.25, -0.2) is 0 Å². The van der Waals surface area contributed by atoms with Crippen molar-refractivity contribution in [1.82, 2.24) is 9.88 Å². The maximum absolute atomic E-state index is 6.38. The predicted octanol–water partition coefficient (Wildman–Crippen LogP) is 6.70. The molecular formula is C28H34Cl2N4O2. The predicted molar refractivity (Wildman–Crippen MR) is 147 cm³/mol. The van der Waals surface area contributed by atoms with Crippen molar-refractivity contribution in [3.8, 4) is 5.75 Å². The zero-order valence-corrected chi connectivity index (χ0v) is 22.5. The molecule has 3 aromatic rings. The van der Waals surface area contributed by atoms with Crippen molar-refractivity contribution in [3.63, 3.8) is 0 Å². The Hall–Kier alpha value is -2.15. The van der Waals surface area contributed by atoms with Gasteiger partial charge < -0.3 is 24.3 Å². The van der Waals surface area contributed by atoms with Gasteiger partial charge >= 0.3 is 0 Å². The minimum Gasteiger partial charge on any atom is -0.494 e. The number of nitrogens with one attached hydrogen (secondary N) is 1. The summed E-state index contributed by atoms with van der Waals surface area (Å²) in [6.07, 6.45) is 5.46. The van der Waals surface area contributed by atoms with Gasteiger partial charge in [-0.2, -0.15) is 4.98 Å². The van der Waals surface area contributed by atoms with Gasteiger partial charge in [0.25, 0.3) is 6.01 Å². The number of ether oxygens (including phenoxy) is 1. The number of rotatable bonds is 7. The first-order valence-corrected chi connectivity index (χ1v) is 13.9. The van der Waals surface area contributed by atoms with Crippen LogP contribution in [0.4, 0.5) is 11.7 Å². The number of oxazole rings is 1. The Morgan fingerprint density at radius 3 is 2.69 bits per heavy atom. The Labute approximate surface area is 222 Å². The number of halogens is 2. The Balaban J connectivity index is 1.14. The van der Waals surface area contributed by atoms with Gasteiger partial charge in [-0.05, 0) is 79.8 Å². The van der Waals surface area contributed by atoms with E-state index in [2.05, 4.69) is 22.0 Å². The summed E-state index contributed by atoms with van der Waals surface area (Å²) in [5, 5.41) is 4.70. The molecule has 192 valence electrons. The molecule has 1 saturated carbocycles. The van der Waals surface area contributed by atoms with Crippen LogP contribution >= 0.6 is 23.2 Å². The highest BCUT2D eigenvalue weighted by Crippen LogP contribution is 2.41. The monoisotopic (exact) mass is 528 g/mol. The highest BCUT2D eigenvalue weighted by atomic mass is 35.5. The quantitative estimate of drug-likeness (QED) is 0.368. The van der Waals surface area contributed by atoms with Gasteiger partial charge in [0.2, 0.25) is 0 Å².